The molecule has 0 fully saturated rings. The third-order valence-corrected chi connectivity index (χ3v) is 1.77. The summed E-state index contributed by atoms with van der Waals surface area (Å²) in [6.07, 6.45) is -5.19. The fourth-order valence-corrected chi connectivity index (χ4v) is 0.600. The van der Waals surface area contributed by atoms with Gasteiger partial charge in [0.1, 0.15) is 19.1 Å². The van der Waals surface area contributed by atoms with Crippen LogP contribution in [0.15, 0.2) is 0 Å². The zero-order valence-electron chi connectivity index (χ0n) is 13.9. The Balaban J connectivity index is -0.000000108. The molecular formula is C12H28ClF3N2O4. The number of aliphatic hydroxyl groups is 2. The predicted molar refractivity (Wildman–Crippen MR) is 71.0 cm³/mol. The van der Waals surface area contributed by atoms with Gasteiger partial charge in [0.05, 0.1) is 55.5 Å². The van der Waals surface area contributed by atoms with Crippen LogP contribution in [0, 0.1) is 0 Å². The molecule has 0 heterocycles. The molecule has 0 bridgehead atoms. The largest absolute Gasteiger partial charge is 1.00 e. The van der Waals surface area contributed by atoms with Gasteiger partial charge in [-0.25, -0.2) is 0 Å². The number of carbonyl (C=O) groups is 1. The van der Waals surface area contributed by atoms with Gasteiger partial charge in [-0.05, 0) is 0 Å². The fourth-order valence-electron chi connectivity index (χ4n) is 0.600. The van der Waals surface area contributed by atoms with E-state index in [4.69, 9.17) is 20.1 Å². The highest BCUT2D eigenvalue weighted by Gasteiger charge is 2.28. The molecule has 0 aromatic heterocycles. The number of nitrogens with zero attached hydrogens (tertiary/aromatic N) is 2. The minimum absolute atomic E-state index is 0. The van der Waals surface area contributed by atoms with Gasteiger partial charge in [-0.15, -0.1) is 0 Å². The van der Waals surface area contributed by atoms with Crippen molar-refractivity contribution < 1.29 is 54.7 Å². The first-order chi connectivity index (χ1) is 9.06. The van der Waals surface area contributed by atoms with Crippen LogP contribution in [0.1, 0.15) is 0 Å². The van der Waals surface area contributed by atoms with Gasteiger partial charge in [0, 0.05) is 0 Å². The summed E-state index contributed by atoms with van der Waals surface area (Å²) in [5.41, 5.74) is 0. The number of rotatable bonds is 4. The first kappa shape index (κ1) is 29.4. The molecule has 0 amide bonds. The lowest BCUT2D eigenvalue weighted by atomic mass is 10.5. The first-order valence-corrected chi connectivity index (χ1v) is 6.17. The van der Waals surface area contributed by atoms with Gasteiger partial charge in [0.2, 0.25) is 0 Å². The lowest BCUT2D eigenvalue weighted by Crippen LogP contribution is -3.00. The number of likely N-dealkylation sites (N-methyl/N-ethyl adjacent to an activating group) is 2. The van der Waals surface area contributed by atoms with Crippen molar-refractivity contribution in [1.82, 2.24) is 0 Å². The number of quaternary nitrogens is 2. The minimum atomic E-state index is -5.19. The highest BCUT2D eigenvalue weighted by atomic mass is 35.5. The molecule has 0 aliphatic heterocycles. The van der Waals surface area contributed by atoms with Crippen molar-refractivity contribution in [3.8, 4) is 0 Å². The summed E-state index contributed by atoms with van der Waals surface area (Å²) >= 11 is 0. The molecule has 0 saturated carbocycles. The molecule has 0 spiro atoms. The van der Waals surface area contributed by atoms with Gasteiger partial charge in [-0.2, -0.15) is 13.2 Å². The second-order valence-corrected chi connectivity index (χ2v) is 6.26. The number of carboxylic acid groups (broad SMARTS) is 1. The van der Waals surface area contributed by atoms with Gasteiger partial charge < -0.3 is 41.5 Å². The van der Waals surface area contributed by atoms with E-state index in [0.717, 1.165) is 22.1 Å². The standard InChI is InChI=1S/2C5H14NO.C2HF3O2.ClH/c2*1-6(2,3)4-5-7;3-2(4,5)1(6)7;/h2*7H,4-5H2,1-3H3;(H,6,7);1H/q2*+1;;/p-2. The summed E-state index contributed by atoms with van der Waals surface area (Å²) < 4.78 is 33.2. The Labute approximate surface area is 136 Å². The van der Waals surface area contributed by atoms with Crippen LogP contribution in [0.3, 0.4) is 0 Å². The van der Waals surface area contributed by atoms with E-state index in [9.17, 15) is 13.2 Å². The molecule has 0 aliphatic carbocycles. The third kappa shape index (κ3) is 36.6. The van der Waals surface area contributed by atoms with Gasteiger partial charge in [0.25, 0.3) is 0 Å². The highest BCUT2D eigenvalue weighted by Crippen LogP contribution is 2.11. The molecule has 6 nitrogen and oxygen atoms in total. The van der Waals surface area contributed by atoms with E-state index in [1.807, 2.05) is 0 Å². The maximum absolute atomic E-state index is 10.5. The van der Waals surface area contributed by atoms with Crippen LogP contribution in [-0.4, -0.2) is 99.9 Å². The molecule has 22 heavy (non-hydrogen) atoms. The van der Waals surface area contributed by atoms with E-state index < -0.39 is 12.1 Å². The van der Waals surface area contributed by atoms with Gasteiger partial charge in [-0.3, -0.25) is 0 Å². The summed E-state index contributed by atoms with van der Waals surface area (Å²) in [5.74, 6) is -3.01. The van der Waals surface area contributed by atoms with Crippen LogP contribution in [0.4, 0.5) is 13.2 Å². The monoisotopic (exact) mass is 356 g/mol. The third-order valence-electron chi connectivity index (χ3n) is 1.77. The Bertz CT molecular complexity index is 261. The number of aliphatic carboxylic acids is 1. The zero-order chi connectivity index (χ0) is 17.9. The van der Waals surface area contributed by atoms with Crippen molar-refractivity contribution in [2.24, 2.45) is 0 Å². The number of hydrogen-bond donors (Lipinski definition) is 2. The average Bonchev–Trinajstić information content (AvgIpc) is 2.13. The van der Waals surface area contributed by atoms with Crippen molar-refractivity contribution in [2.75, 3.05) is 68.6 Å². The normalized spacial score (nSPS) is 11.2. The van der Waals surface area contributed by atoms with Crippen molar-refractivity contribution in [3.63, 3.8) is 0 Å². The predicted octanol–water partition coefficient (Wildman–Crippen LogP) is -4.33. The number of carboxylic acids is 1. The van der Waals surface area contributed by atoms with Gasteiger partial charge in [0.15, 0.2) is 0 Å². The summed E-state index contributed by atoms with van der Waals surface area (Å²) in [6.45, 7) is 2.23. The van der Waals surface area contributed by atoms with Crippen LogP contribution >= 0.6 is 0 Å². The maximum Gasteiger partial charge on any atom is 0.430 e. The van der Waals surface area contributed by atoms with Crippen molar-refractivity contribution >= 4 is 5.97 Å². The van der Waals surface area contributed by atoms with E-state index in [-0.39, 0.29) is 25.6 Å². The molecule has 0 aromatic carbocycles. The van der Waals surface area contributed by atoms with Crippen LogP contribution < -0.4 is 17.5 Å². The molecule has 0 saturated heterocycles. The van der Waals surface area contributed by atoms with Crippen molar-refractivity contribution in [1.29, 1.82) is 0 Å². The summed E-state index contributed by atoms with van der Waals surface area (Å²) in [5, 5.41) is 25.6. The van der Waals surface area contributed by atoms with Crippen molar-refractivity contribution in [3.05, 3.63) is 0 Å². The number of alkyl halides is 3. The lowest BCUT2D eigenvalue weighted by molar-refractivity contribution is -0.870. The number of halogens is 4. The molecule has 138 valence electrons. The molecule has 2 N–H and O–H groups in total. The van der Waals surface area contributed by atoms with Crippen LogP contribution in [0.25, 0.3) is 0 Å². The Hall–Kier alpha value is -0.610. The smallest absolute Gasteiger partial charge is 0.430 e. The molecule has 0 atom stereocenters. The molecule has 0 aromatic rings. The van der Waals surface area contributed by atoms with E-state index in [0.29, 0.717) is 0 Å². The fraction of sp³-hybridized carbons (Fsp3) is 0.917. The highest BCUT2D eigenvalue weighted by molar-refractivity contribution is 5.70. The number of carbonyl (C=O) groups excluding carboxylic acids is 1. The topological polar surface area (TPSA) is 80.6 Å². The Kier molecular flexibility index (Phi) is 17.2. The number of hydrogen-bond acceptors (Lipinski definition) is 4. The van der Waals surface area contributed by atoms with Crippen LogP contribution in [0.2, 0.25) is 0 Å². The van der Waals surface area contributed by atoms with Crippen LogP contribution in [-0.2, 0) is 4.79 Å². The minimum Gasteiger partial charge on any atom is -1.00 e. The Morgan fingerprint density at radius 3 is 1.09 bits per heavy atom. The number of aliphatic hydroxyl groups excluding tert-OH is 2. The quantitative estimate of drug-likeness (QED) is 0.499. The summed E-state index contributed by atoms with van der Waals surface area (Å²) in [6, 6.07) is 0. The summed E-state index contributed by atoms with van der Waals surface area (Å²) in [4.78, 5) is 8.78. The Morgan fingerprint density at radius 1 is 0.909 bits per heavy atom. The first-order valence-electron chi connectivity index (χ1n) is 6.17. The maximum atomic E-state index is 10.5. The molecule has 0 radical (unpaired) electrons. The molecule has 10 heteroatoms. The summed E-state index contributed by atoms with van der Waals surface area (Å²) in [7, 11) is 12.3. The van der Waals surface area contributed by atoms with E-state index in [1.165, 1.54) is 0 Å². The van der Waals surface area contributed by atoms with Crippen LogP contribution in [0.5, 0.6) is 0 Å². The van der Waals surface area contributed by atoms with Gasteiger partial charge in [-0.1, -0.05) is 0 Å². The average molecular weight is 357 g/mol. The second-order valence-electron chi connectivity index (χ2n) is 6.26. The second kappa shape index (κ2) is 12.9. The zero-order valence-corrected chi connectivity index (χ0v) is 14.7. The molecular weight excluding hydrogens is 329 g/mol. The SMILES string of the molecule is C[N+](C)(C)CCO.C[N+](C)(C)CCO.O=C([O-])C(F)(F)F.[Cl-]. The van der Waals surface area contributed by atoms with Gasteiger partial charge >= 0.3 is 6.18 Å². The Morgan fingerprint density at radius 2 is 1.09 bits per heavy atom. The molecule has 0 aliphatic rings. The molecule has 0 unspecified atom stereocenters. The molecule has 0 rings (SSSR count). The lowest BCUT2D eigenvalue weighted by Gasteiger charge is -2.21. The van der Waals surface area contributed by atoms with E-state index in [2.05, 4.69) is 42.3 Å². The van der Waals surface area contributed by atoms with E-state index >= 15 is 0 Å². The van der Waals surface area contributed by atoms with E-state index in [1.54, 1.807) is 0 Å². The van der Waals surface area contributed by atoms with Crippen molar-refractivity contribution in [2.45, 2.75) is 6.18 Å².